The molecule has 31 heavy (non-hydrogen) atoms. The van der Waals surface area contributed by atoms with Crippen molar-refractivity contribution < 1.29 is 14.7 Å². The molecule has 2 heterocycles. The largest absolute Gasteiger partial charge is 0.390 e. The van der Waals surface area contributed by atoms with Crippen molar-refractivity contribution >= 4 is 11.8 Å². The highest BCUT2D eigenvalue weighted by Gasteiger charge is 2.42. The van der Waals surface area contributed by atoms with Crippen LogP contribution in [0.2, 0.25) is 0 Å². The molecule has 6 nitrogen and oxygen atoms in total. The Kier molecular flexibility index (Phi) is 7.70. The molecule has 2 saturated heterocycles. The molecular weight excluding hydrogens is 390 g/mol. The van der Waals surface area contributed by atoms with Gasteiger partial charge in [-0.15, -0.1) is 12.3 Å². The molecule has 0 bridgehead atoms. The fourth-order valence-corrected chi connectivity index (χ4v) is 5.86. The fourth-order valence-electron chi connectivity index (χ4n) is 5.86. The third kappa shape index (κ3) is 6.02. The third-order valence-corrected chi connectivity index (χ3v) is 7.31. The van der Waals surface area contributed by atoms with Crippen molar-refractivity contribution in [2.75, 3.05) is 19.6 Å². The Morgan fingerprint density at radius 1 is 1.23 bits per heavy atom. The summed E-state index contributed by atoms with van der Waals surface area (Å²) in [6.45, 7) is 9.61. The molecule has 3 fully saturated rings. The van der Waals surface area contributed by atoms with E-state index in [-0.39, 0.29) is 35.4 Å². The zero-order valence-corrected chi connectivity index (χ0v) is 19.8. The average Bonchev–Trinajstić information content (AvgIpc) is 2.94. The van der Waals surface area contributed by atoms with Crippen LogP contribution in [0.3, 0.4) is 0 Å². The van der Waals surface area contributed by atoms with Gasteiger partial charge < -0.3 is 15.3 Å². The van der Waals surface area contributed by atoms with E-state index in [1.807, 2.05) is 27.7 Å². The van der Waals surface area contributed by atoms with E-state index >= 15 is 0 Å². The maximum atomic E-state index is 13.1. The lowest BCUT2D eigenvalue weighted by molar-refractivity contribution is -0.136. The van der Waals surface area contributed by atoms with E-state index in [0.717, 1.165) is 19.4 Å². The van der Waals surface area contributed by atoms with Gasteiger partial charge in [-0.05, 0) is 58.8 Å². The number of hydrogen-bond acceptors (Lipinski definition) is 4. The van der Waals surface area contributed by atoms with Gasteiger partial charge in [-0.3, -0.25) is 14.5 Å². The molecule has 3 aliphatic rings. The normalized spacial score (nSPS) is 33.0. The van der Waals surface area contributed by atoms with Gasteiger partial charge in [-0.25, -0.2) is 0 Å². The lowest BCUT2D eigenvalue weighted by Gasteiger charge is -2.46. The first-order chi connectivity index (χ1) is 14.6. The maximum absolute atomic E-state index is 13.1. The van der Waals surface area contributed by atoms with Crippen LogP contribution in [-0.4, -0.2) is 70.1 Å². The number of nitrogens with one attached hydrogen (secondary N) is 1. The second-order valence-electron chi connectivity index (χ2n) is 11.1. The molecule has 6 atom stereocenters. The Bertz CT molecular complexity index is 695. The van der Waals surface area contributed by atoms with Crippen molar-refractivity contribution in [1.82, 2.24) is 15.1 Å². The highest BCUT2D eigenvalue weighted by molar-refractivity contribution is 5.83. The molecule has 0 radical (unpaired) electrons. The predicted molar refractivity (Wildman–Crippen MR) is 122 cm³/mol. The van der Waals surface area contributed by atoms with Crippen LogP contribution < -0.4 is 5.32 Å². The fraction of sp³-hybridized carbons (Fsp3) is 0.840. The summed E-state index contributed by atoms with van der Waals surface area (Å²) in [5.74, 6) is 3.79. The molecule has 6 heteroatoms. The van der Waals surface area contributed by atoms with Crippen LogP contribution in [0, 0.1) is 30.1 Å². The molecule has 2 N–H and O–H groups in total. The van der Waals surface area contributed by atoms with E-state index in [1.54, 1.807) is 4.90 Å². The summed E-state index contributed by atoms with van der Waals surface area (Å²) >= 11 is 0. The van der Waals surface area contributed by atoms with Gasteiger partial charge in [0.1, 0.15) is 0 Å². The highest BCUT2D eigenvalue weighted by Crippen LogP contribution is 2.39. The van der Waals surface area contributed by atoms with E-state index in [9.17, 15) is 14.7 Å². The number of piperidine rings is 1. The summed E-state index contributed by atoms with van der Waals surface area (Å²) in [5, 5.41) is 14.1. The highest BCUT2D eigenvalue weighted by atomic mass is 16.3. The molecule has 2 aliphatic heterocycles. The van der Waals surface area contributed by atoms with Gasteiger partial charge in [0.2, 0.25) is 11.8 Å². The predicted octanol–water partition coefficient (Wildman–Crippen LogP) is 2.40. The SMILES string of the molecule is C#CCC1C[C@H](C)N(CC(O)CN2C[C@H]3CCCC[C@H]3C[C@H]2C(=O)NC(C)(C)C)C1=O. The van der Waals surface area contributed by atoms with Crippen LogP contribution in [0.25, 0.3) is 0 Å². The average molecular weight is 432 g/mol. The number of fused-ring (bicyclic) bond motifs is 1. The van der Waals surface area contributed by atoms with Gasteiger partial charge in [0.05, 0.1) is 18.1 Å². The van der Waals surface area contributed by atoms with E-state index in [1.165, 1.54) is 25.7 Å². The summed E-state index contributed by atoms with van der Waals surface area (Å²) in [6.07, 6.45) is 11.7. The van der Waals surface area contributed by atoms with E-state index in [0.29, 0.717) is 31.3 Å². The zero-order chi connectivity index (χ0) is 22.8. The number of carbonyl (C=O) groups excluding carboxylic acids is 2. The Morgan fingerprint density at radius 2 is 1.90 bits per heavy atom. The number of carbonyl (C=O) groups is 2. The first kappa shape index (κ1) is 24.1. The molecule has 2 unspecified atom stereocenters. The third-order valence-electron chi connectivity index (χ3n) is 7.31. The minimum Gasteiger partial charge on any atom is -0.390 e. The van der Waals surface area contributed by atoms with E-state index < -0.39 is 6.10 Å². The van der Waals surface area contributed by atoms with Crippen molar-refractivity contribution in [2.45, 2.75) is 96.4 Å². The van der Waals surface area contributed by atoms with Crippen LogP contribution in [0.15, 0.2) is 0 Å². The van der Waals surface area contributed by atoms with Crippen LogP contribution in [-0.2, 0) is 9.59 Å². The van der Waals surface area contributed by atoms with Gasteiger partial charge in [0.15, 0.2) is 0 Å². The summed E-state index contributed by atoms with van der Waals surface area (Å²) in [6, 6.07) is -0.126. The van der Waals surface area contributed by atoms with Gasteiger partial charge in [0, 0.05) is 37.6 Å². The quantitative estimate of drug-likeness (QED) is 0.634. The number of terminal acetylenes is 1. The van der Waals surface area contributed by atoms with Crippen molar-refractivity contribution in [3.63, 3.8) is 0 Å². The minimum absolute atomic E-state index is 0.0533. The Labute approximate surface area is 188 Å². The van der Waals surface area contributed by atoms with Crippen molar-refractivity contribution in [1.29, 1.82) is 0 Å². The van der Waals surface area contributed by atoms with Crippen molar-refractivity contribution in [3.8, 4) is 12.3 Å². The van der Waals surface area contributed by atoms with Crippen LogP contribution in [0.4, 0.5) is 0 Å². The summed E-state index contributed by atoms with van der Waals surface area (Å²) in [7, 11) is 0. The molecule has 0 aromatic heterocycles. The van der Waals surface area contributed by atoms with Crippen LogP contribution in [0.5, 0.6) is 0 Å². The summed E-state index contributed by atoms with van der Waals surface area (Å²) in [5.41, 5.74) is -0.284. The number of amides is 2. The number of hydrogen-bond donors (Lipinski definition) is 2. The number of nitrogens with zero attached hydrogens (tertiary/aromatic N) is 2. The Balaban J connectivity index is 1.66. The Morgan fingerprint density at radius 3 is 2.55 bits per heavy atom. The van der Waals surface area contributed by atoms with E-state index in [4.69, 9.17) is 6.42 Å². The number of β-amino-alcohol motifs (C(OH)–C–C–N with tert-alkyl or cyclic N) is 1. The molecule has 174 valence electrons. The molecule has 0 aromatic carbocycles. The number of likely N-dealkylation sites (tertiary alicyclic amines) is 2. The maximum Gasteiger partial charge on any atom is 0.237 e. The van der Waals surface area contributed by atoms with Gasteiger partial charge in [0.25, 0.3) is 0 Å². The van der Waals surface area contributed by atoms with Gasteiger partial charge >= 0.3 is 0 Å². The molecule has 0 aromatic rings. The van der Waals surface area contributed by atoms with Gasteiger partial charge in [-0.2, -0.15) is 0 Å². The number of rotatable bonds is 6. The minimum atomic E-state index is -0.680. The molecular formula is C25H41N3O3. The second-order valence-corrected chi connectivity index (χ2v) is 11.1. The monoisotopic (exact) mass is 431 g/mol. The molecule has 0 spiro atoms. The molecule has 1 saturated carbocycles. The smallest absolute Gasteiger partial charge is 0.237 e. The first-order valence-corrected chi connectivity index (χ1v) is 12.1. The molecule has 2 amide bonds. The number of aliphatic hydroxyl groups excluding tert-OH is 1. The summed E-state index contributed by atoms with van der Waals surface area (Å²) in [4.78, 5) is 29.8. The first-order valence-electron chi connectivity index (χ1n) is 12.1. The van der Waals surface area contributed by atoms with Gasteiger partial charge in [-0.1, -0.05) is 19.3 Å². The Hall–Kier alpha value is -1.58. The number of aliphatic hydroxyl groups is 1. The zero-order valence-electron chi connectivity index (χ0n) is 19.8. The molecule has 1 aliphatic carbocycles. The topological polar surface area (TPSA) is 72.9 Å². The van der Waals surface area contributed by atoms with Crippen molar-refractivity contribution in [3.05, 3.63) is 0 Å². The lowest BCUT2D eigenvalue weighted by Crippen LogP contribution is -2.59. The summed E-state index contributed by atoms with van der Waals surface area (Å²) < 4.78 is 0. The van der Waals surface area contributed by atoms with E-state index in [2.05, 4.69) is 16.1 Å². The van der Waals surface area contributed by atoms with Crippen molar-refractivity contribution in [2.24, 2.45) is 17.8 Å². The van der Waals surface area contributed by atoms with Crippen LogP contribution in [0.1, 0.15) is 72.6 Å². The second kappa shape index (κ2) is 9.92. The molecule has 3 rings (SSSR count). The lowest BCUT2D eigenvalue weighted by atomic mass is 9.72. The van der Waals surface area contributed by atoms with Crippen LogP contribution >= 0.6 is 0 Å². The standard InChI is InChI=1S/C25H41N3O3/c1-6-9-19-12-17(2)28(24(19)31)16-21(29)15-27-14-20-11-8-7-10-18(20)13-22(27)23(30)26-25(3,4)5/h1,17-22,29H,7-16H2,2-5H3,(H,26,30)/t17-,18-,19?,20+,21?,22-/m0/s1.